The molecular formula is C28H43LiO4. The van der Waals surface area contributed by atoms with Crippen molar-refractivity contribution in [1.82, 2.24) is 0 Å². The Hall–Kier alpha value is -1.73. The Morgan fingerprint density at radius 2 is 1.15 bits per heavy atom. The number of aldehydes is 1. The molecule has 0 heterocycles. The molecule has 0 aromatic carbocycles. The van der Waals surface area contributed by atoms with Crippen LogP contribution >= 0.6 is 0 Å². The zero-order chi connectivity index (χ0) is 24.6. The van der Waals surface area contributed by atoms with Crippen molar-refractivity contribution in [3.63, 3.8) is 0 Å². The molecule has 4 nitrogen and oxygen atoms in total. The maximum Gasteiger partial charge on any atom is 1.00 e. The summed E-state index contributed by atoms with van der Waals surface area (Å²) in [7, 11) is 0. The van der Waals surface area contributed by atoms with Gasteiger partial charge in [-0.1, -0.05) is 71.9 Å². The summed E-state index contributed by atoms with van der Waals surface area (Å²) in [4.78, 5) is 31.2. The number of hydrogen-bond donors (Lipinski definition) is 0. The minimum Gasteiger partial charge on any atom is -0.870 e. The van der Waals surface area contributed by atoms with Gasteiger partial charge in [-0.3, -0.25) is 9.59 Å². The van der Waals surface area contributed by atoms with Crippen LogP contribution in [0.4, 0.5) is 0 Å². The van der Waals surface area contributed by atoms with Gasteiger partial charge in [-0.25, -0.2) is 0 Å². The van der Waals surface area contributed by atoms with Gasteiger partial charge in [-0.2, -0.15) is 0 Å². The molecule has 0 aromatic heterocycles. The van der Waals surface area contributed by atoms with E-state index in [1.165, 1.54) is 25.0 Å². The van der Waals surface area contributed by atoms with Gasteiger partial charge >= 0.3 is 18.9 Å². The van der Waals surface area contributed by atoms with E-state index in [-0.39, 0.29) is 46.7 Å². The number of carbonyl (C=O) groups excluding carboxylic acids is 3. The summed E-state index contributed by atoms with van der Waals surface area (Å²) in [6.45, 7) is 21.8. The van der Waals surface area contributed by atoms with Gasteiger partial charge in [0.15, 0.2) is 5.78 Å². The minimum absolute atomic E-state index is 0. The maximum absolute atomic E-state index is 11.0. The van der Waals surface area contributed by atoms with E-state index < -0.39 is 0 Å². The van der Waals surface area contributed by atoms with Gasteiger partial charge in [-0.05, 0) is 80.1 Å². The summed E-state index contributed by atoms with van der Waals surface area (Å²) in [6.07, 6.45) is 13.2. The molecule has 0 radical (unpaired) electrons. The van der Waals surface area contributed by atoms with Crippen molar-refractivity contribution in [2.75, 3.05) is 0 Å². The van der Waals surface area contributed by atoms with Crippen LogP contribution in [0.25, 0.3) is 0 Å². The second kappa shape index (κ2) is 15.2. The fourth-order valence-corrected chi connectivity index (χ4v) is 3.54. The molecule has 2 rings (SSSR count). The molecule has 2 aliphatic carbocycles. The largest absolute Gasteiger partial charge is 1.00 e. The second-order valence-electron chi connectivity index (χ2n) is 9.90. The monoisotopic (exact) mass is 450 g/mol. The van der Waals surface area contributed by atoms with Crippen LogP contribution in [-0.4, -0.2) is 23.3 Å². The smallest absolute Gasteiger partial charge is 0.870 e. The van der Waals surface area contributed by atoms with Crippen molar-refractivity contribution >= 4 is 17.9 Å². The van der Waals surface area contributed by atoms with Crippen molar-refractivity contribution in [2.24, 2.45) is 22.7 Å². The number of rotatable bonds is 3. The first-order valence-corrected chi connectivity index (χ1v) is 11.0. The standard InChI is InChI=1S/C14H20O.C11H16O.C3H6O.Li.H2O/c1-10-6-7-11(2)14(4,5)13(10)9-8-12(3)15;1-8-5-6-9(2)11(3,4)10(8)7-12;1-3(2)4;;/h6-9,11H,1-5H3;5-7,9H,1-4H3;1-2H3;;1H2/q;;;+1;/p-1/b9-8+;;;;. The predicted molar refractivity (Wildman–Crippen MR) is 134 cm³/mol. The maximum atomic E-state index is 11.0. The van der Waals surface area contributed by atoms with Crippen molar-refractivity contribution in [1.29, 1.82) is 0 Å². The normalized spacial score (nSPS) is 22.2. The molecule has 0 amide bonds. The molecule has 2 atom stereocenters. The third-order valence-electron chi connectivity index (χ3n) is 6.39. The molecule has 0 saturated carbocycles. The molecule has 2 aliphatic rings. The zero-order valence-corrected chi connectivity index (χ0v) is 22.9. The van der Waals surface area contributed by atoms with Gasteiger partial charge in [0.1, 0.15) is 12.1 Å². The summed E-state index contributed by atoms with van der Waals surface area (Å²) < 4.78 is 0. The van der Waals surface area contributed by atoms with Gasteiger partial charge in [0, 0.05) is 5.57 Å². The van der Waals surface area contributed by atoms with Crippen molar-refractivity contribution in [2.45, 2.75) is 76.2 Å². The Kier molecular flexibility index (Phi) is 16.5. The molecule has 0 aromatic rings. The summed E-state index contributed by atoms with van der Waals surface area (Å²) in [5.74, 6) is 1.22. The van der Waals surface area contributed by atoms with Crippen LogP contribution in [0, 0.1) is 22.7 Å². The van der Waals surface area contributed by atoms with E-state index in [1.807, 2.05) is 19.1 Å². The van der Waals surface area contributed by atoms with Crippen molar-refractivity contribution in [3.05, 3.63) is 58.7 Å². The fourth-order valence-electron chi connectivity index (χ4n) is 3.54. The van der Waals surface area contributed by atoms with E-state index >= 15 is 0 Å². The Labute approximate surface area is 213 Å². The number of ketones is 2. The van der Waals surface area contributed by atoms with Crippen LogP contribution in [0.5, 0.6) is 0 Å². The molecule has 5 heteroatoms. The van der Waals surface area contributed by atoms with Gasteiger partial charge in [0.25, 0.3) is 0 Å². The quantitative estimate of drug-likeness (QED) is 0.372. The molecule has 0 saturated heterocycles. The molecule has 2 unspecified atom stereocenters. The number of Topliss-reactive ketones (excluding diaryl/α,β-unsaturated/α-hetero) is 1. The average molecular weight is 451 g/mol. The summed E-state index contributed by atoms with van der Waals surface area (Å²) in [6, 6.07) is 0. The minimum atomic E-state index is 0. The van der Waals surface area contributed by atoms with Crippen LogP contribution in [0.3, 0.4) is 0 Å². The third-order valence-corrected chi connectivity index (χ3v) is 6.39. The first-order valence-electron chi connectivity index (χ1n) is 11.0. The number of carbonyl (C=O) groups is 3. The summed E-state index contributed by atoms with van der Waals surface area (Å²) in [5, 5.41) is 0. The van der Waals surface area contributed by atoms with Crippen LogP contribution in [-0.2, 0) is 14.4 Å². The van der Waals surface area contributed by atoms with E-state index in [9.17, 15) is 14.4 Å². The van der Waals surface area contributed by atoms with E-state index in [0.717, 1.165) is 17.4 Å². The first-order chi connectivity index (χ1) is 14.1. The molecule has 1 N–H and O–H groups in total. The van der Waals surface area contributed by atoms with Gasteiger partial charge in [0.2, 0.25) is 0 Å². The van der Waals surface area contributed by atoms with Crippen molar-refractivity contribution < 1.29 is 38.7 Å². The Morgan fingerprint density at radius 3 is 1.45 bits per heavy atom. The topological polar surface area (TPSA) is 81.2 Å². The van der Waals surface area contributed by atoms with E-state index in [1.54, 1.807) is 13.0 Å². The van der Waals surface area contributed by atoms with E-state index in [2.05, 4.69) is 66.7 Å². The molecular weight excluding hydrogens is 407 g/mol. The Morgan fingerprint density at radius 1 is 0.818 bits per heavy atom. The van der Waals surface area contributed by atoms with E-state index in [0.29, 0.717) is 11.8 Å². The Bertz CT molecular complexity index is 832. The predicted octanol–water partition coefficient (Wildman–Crippen LogP) is 3.84. The molecule has 180 valence electrons. The molecule has 0 spiro atoms. The molecule has 33 heavy (non-hydrogen) atoms. The van der Waals surface area contributed by atoms with Crippen LogP contribution < -0.4 is 18.9 Å². The van der Waals surface area contributed by atoms with Crippen LogP contribution in [0.15, 0.2) is 58.7 Å². The van der Waals surface area contributed by atoms with Crippen LogP contribution in [0.1, 0.15) is 76.2 Å². The molecule has 0 bridgehead atoms. The summed E-state index contributed by atoms with van der Waals surface area (Å²) >= 11 is 0. The average Bonchev–Trinajstić information content (AvgIpc) is 2.62. The van der Waals surface area contributed by atoms with E-state index in [4.69, 9.17) is 0 Å². The van der Waals surface area contributed by atoms with Gasteiger partial charge < -0.3 is 10.3 Å². The zero-order valence-electron chi connectivity index (χ0n) is 22.9. The number of allylic oxidation sites excluding steroid dienone is 10. The second-order valence-corrected chi connectivity index (χ2v) is 9.90. The summed E-state index contributed by atoms with van der Waals surface area (Å²) in [5.41, 5.74) is 4.69. The first kappa shape index (κ1) is 35.8. The third kappa shape index (κ3) is 10.8. The van der Waals surface area contributed by atoms with Crippen molar-refractivity contribution in [3.8, 4) is 0 Å². The van der Waals surface area contributed by atoms with Gasteiger partial charge in [-0.15, -0.1) is 0 Å². The molecule has 0 fully saturated rings. The number of hydrogen-bond acceptors (Lipinski definition) is 4. The molecule has 0 aliphatic heterocycles. The fraction of sp³-hybridized carbons (Fsp3) is 0.536. The van der Waals surface area contributed by atoms with Gasteiger partial charge in [0.05, 0.1) is 0 Å². The van der Waals surface area contributed by atoms with Crippen LogP contribution in [0.2, 0.25) is 0 Å². The SMILES string of the molecule is CC(=O)/C=C/C1=C(C)C=CC(C)C1(C)C.CC(C)=O.CC1=C(C=O)C(C)(C)C(C)C=C1.[Li+].[OH-]. The Balaban J connectivity index is -0.000000452.